The lowest BCUT2D eigenvalue weighted by atomic mass is 10.2. The fraction of sp³-hybridized carbons (Fsp3) is 0.0714. The Morgan fingerprint density at radius 1 is 1.20 bits per heavy atom. The fourth-order valence-corrected chi connectivity index (χ4v) is 1.55. The molecule has 0 bridgehead atoms. The van der Waals surface area contributed by atoms with Crippen LogP contribution in [0.5, 0.6) is 5.75 Å². The van der Waals surface area contributed by atoms with Crippen molar-refractivity contribution < 1.29 is 19.8 Å². The number of pyridine rings is 1. The Labute approximate surface area is 115 Å². The Hall–Kier alpha value is -2.89. The first-order valence-corrected chi connectivity index (χ1v) is 5.79. The highest BCUT2D eigenvalue weighted by Crippen LogP contribution is 2.12. The number of oxime groups is 1. The third-order valence-corrected chi connectivity index (χ3v) is 2.53. The third kappa shape index (κ3) is 3.32. The first kappa shape index (κ1) is 13.5. The first-order valence-electron chi connectivity index (χ1n) is 5.79. The number of carboxylic acids is 1. The van der Waals surface area contributed by atoms with Crippen molar-refractivity contribution in [3.63, 3.8) is 0 Å². The fourth-order valence-electron chi connectivity index (χ4n) is 1.55. The summed E-state index contributed by atoms with van der Waals surface area (Å²) >= 11 is 0. The van der Waals surface area contributed by atoms with E-state index in [9.17, 15) is 4.79 Å². The SMILES string of the molecule is O=C(O)/C(=N/O)c1ccc(OCc2ccccc2)cn1. The van der Waals surface area contributed by atoms with E-state index in [1.807, 2.05) is 30.3 Å². The molecule has 6 heteroatoms. The van der Waals surface area contributed by atoms with E-state index >= 15 is 0 Å². The lowest BCUT2D eigenvalue weighted by molar-refractivity contribution is -0.129. The van der Waals surface area contributed by atoms with Crippen molar-refractivity contribution in [3.05, 3.63) is 59.9 Å². The lowest BCUT2D eigenvalue weighted by Crippen LogP contribution is -2.15. The second-order valence-corrected chi connectivity index (χ2v) is 3.91. The van der Waals surface area contributed by atoms with Gasteiger partial charge in [0.15, 0.2) is 0 Å². The van der Waals surface area contributed by atoms with Gasteiger partial charge in [0.2, 0.25) is 5.71 Å². The standard InChI is InChI=1S/C14H12N2O4/c17-14(18)13(16-19)12-7-6-11(8-15-12)20-9-10-4-2-1-3-5-10/h1-8,19H,9H2,(H,17,18)/b16-13+. The van der Waals surface area contributed by atoms with Crippen LogP contribution in [0.4, 0.5) is 0 Å². The van der Waals surface area contributed by atoms with Gasteiger partial charge < -0.3 is 15.1 Å². The van der Waals surface area contributed by atoms with Crippen LogP contribution in [-0.4, -0.2) is 27.0 Å². The van der Waals surface area contributed by atoms with Crippen molar-refractivity contribution in [1.82, 2.24) is 4.98 Å². The van der Waals surface area contributed by atoms with Crippen LogP contribution in [0.15, 0.2) is 53.8 Å². The molecule has 0 amide bonds. The van der Waals surface area contributed by atoms with E-state index in [2.05, 4.69) is 10.1 Å². The van der Waals surface area contributed by atoms with Crippen molar-refractivity contribution in [2.45, 2.75) is 6.61 Å². The van der Waals surface area contributed by atoms with Gasteiger partial charge in [0, 0.05) is 0 Å². The third-order valence-electron chi connectivity index (χ3n) is 2.53. The van der Waals surface area contributed by atoms with Crippen molar-refractivity contribution in [1.29, 1.82) is 0 Å². The molecule has 0 aliphatic heterocycles. The molecular weight excluding hydrogens is 260 g/mol. The molecule has 2 N–H and O–H groups in total. The van der Waals surface area contributed by atoms with E-state index in [1.165, 1.54) is 12.3 Å². The van der Waals surface area contributed by atoms with E-state index < -0.39 is 11.7 Å². The summed E-state index contributed by atoms with van der Waals surface area (Å²) < 4.78 is 5.51. The van der Waals surface area contributed by atoms with Gasteiger partial charge in [-0.15, -0.1) is 0 Å². The number of rotatable bonds is 5. The number of ether oxygens (including phenoxy) is 1. The first-order chi connectivity index (χ1) is 9.70. The monoisotopic (exact) mass is 272 g/mol. The van der Waals surface area contributed by atoms with Gasteiger partial charge in [0.1, 0.15) is 12.4 Å². The Balaban J connectivity index is 2.04. The molecule has 102 valence electrons. The smallest absolute Gasteiger partial charge is 0.360 e. The molecule has 20 heavy (non-hydrogen) atoms. The van der Waals surface area contributed by atoms with Gasteiger partial charge >= 0.3 is 5.97 Å². The Kier molecular flexibility index (Phi) is 4.28. The average molecular weight is 272 g/mol. The highest BCUT2D eigenvalue weighted by atomic mass is 16.5. The Morgan fingerprint density at radius 2 is 1.95 bits per heavy atom. The second kappa shape index (κ2) is 6.33. The van der Waals surface area contributed by atoms with E-state index in [-0.39, 0.29) is 5.69 Å². The summed E-state index contributed by atoms with van der Waals surface area (Å²) in [6, 6.07) is 12.6. The van der Waals surface area contributed by atoms with Crippen LogP contribution >= 0.6 is 0 Å². The minimum absolute atomic E-state index is 0.0621. The maximum atomic E-state index is 10.8. The second-order valence-electron chi connectivity index (χ2n) is 3.91. The topological polar surface area (TPSA) is 92.0 Å². The van der Waals surface area contributed by atoms with Gasteiger partial charge in [-0.2, -0.15) is 0 Å². The molecule has 1 aromatic heterocycles. The molecule has 2 aromatic rings. The summed E-state index contributed by atoms with van der Waals surface area (Å²) in [5.41, 5.74) is 0.561. The van der Waals surface area contributed by atoms with Crippen LogP contribution in [0.2, 0.25) is 0 Å². The zero-order valence-corrected chi connectivity index (χ0v) is 10.4. The van der Waals surface area contributed by atoms with Crippen LogP contribution in [0.3, 0.4) is 0 Å². The van der Waals surface area contributed by atoms with Crippen molar-refractivity contribution in [2.24, 2.45) is 5.16 Å². The molecular formula is C14H12N2O4. The van der Waals surface area contributed by atoms with Gasteiger partial charge in [-0.3, -0.25) is 4.98 Å². The number of benzene rings is 1. The predicted molar refractivity (Wildman–Crippen MR) is 71.0 cm³/mol. The highest BCUT2D eigenvalue weighted by molar-refractivity contribution is 6.41. The molecule has 0 saturated carbocycles. The van der Waals surface area contributed by atoms with E-state index in [4.69, 9.17) is 15.1 Å². The van der Waals surface area contributed by atoms with Gasteiger partial charge in [-0.05, 0) is 17.7 Å². The summed E-state index contributed by atoms with van der Waals surface area (Å²) in [6.45, 7) is 0.391. The van der Waals surface area contributed by atoms with Gasteiger partial charge in [0.25, 0.3) is 0 Å². The number of aromatic nitrogens is 1. The van der Waals surface area contributed by atoms with E-state index in [0.29, 0.717) is 12.4 Å². The van der Waals surface area contributed by atoms with Gasteiger partial charge in [-0.1, -0.05) is 35.5 Å². The summed E-state index contributed by atoms with van der Waals surface area (Å²) in [4.78, 5) is 14.7. The van der Waals surface area contributed by atoms with Crippen LogP contribution < -0.4 is 4.74 Å². The molecule has 0 atom stereocenters. The largest absolute Gasteiger partial charge is 0.487 e. The zero-order chi connectivity index (χ0) is 14.4. The lowest BCUT2D eigenvalue weighted by Gasteiger charge is -2.06. The minimum Gasteiger partial charge on any atom is -0.487 e. The summed E-state index contributed by atoms with van der Waals surface area (Å²) in [5, 5.41) is 20.1. The van der Waals surface area contributed by atoms with E-state index in [1.54, 1.807) is 6.07 Å². The number of hydrogen-bond donors (Lipinski definition) is 2. The average Bonchev–Trinajstić information content (AvgIpc) is 2.48. The quantitative estimate of drug-likeness (QED) is 0.493. The number of hydrogen-bond acceptors (Lipinski definition) is 5. The molecule has 1 aromatic carbocycles. The molecule has 2 rings (SSSR count). The summed E-state index contributed by atoms with van der Waals surface area (Å²) in [5.74, 6) is -0.849. The number of carboxylic acid groups (broad SMARTS) is 1. The number of nitrogens with zero attached hydrogens (tertiary/aromatic N) is 2. The molecule has 0 unspecified atom stereocenters. The van der Waals surface area contributed by atoms with E-state index in [0.717, 1.165) is 5.56 Å². The van der Waals surface area contributed by atoms with Crippen molar-refractivity contribution in [2.75, 3.05) is 0 Å². The van der Waals surface area contributed by atoms with Gasteiger partial charge in [-0.25, -0.2) is 4.79 Å². The maximum Gasteiger partial charge on any atom is 0.360 e. The minimum atomic E-state index is -1.35. The molecule has 1 heterocycles. The Morgan fingerprint density at radius 3 is 2.50 bits per heavy atom. The number of carbonyl (C=O) groups is 1. The molecule has 0 aliphatic carbocycles. The van der Waals surface area contributed by atoms with Crippen molar-refractivity contribution in [3.8, 4) is 5.75 Å². The zero-order valence-electron chi connectivity index (χ0n) is 10.4. The highest BCUT2D eigenvalue weighted by Gasteiger charge is 2.14. The van der Waals surface area contributed by atoms with Crippen LogP contribution in [0, 0.1) is 0 Å². The van der Waals surface area contributed by atoms with Crippen LogP contribution in [0.25, 0.3) is 0 Å². The molecule has 0 fully saturated rings. The van der Waals surface area contributed by atoms with Gasteiger partial charge in [0.05, 0.1) is 11.9 Å². The maximum absolute atomic E-state index is 10.8. The summed E-state index contributed by atoms with van der Waals surface area (Å²) in [7, 11) is 0. The molecule has 0 aliphatic rings. The predicted octanol–water partition coefficient (Wildman–Crippen LogP) is 1.92. The number of aliphatic carboxylic acids is 1. The molecule has 0 radical (unpaired) electrons. The molecule has 6 nitrogen and oxygen atoms in total. The normalized spacial score (nSPS) is 11.1. The molecule has 0 spiro atoms. The summed E-state index contributed by atoms with van der Waals surface area (Å²) in [6.07, 6.45) is 1.38. The van der Waals surface area contributed by atoms with Crippen molar-refractivity contribution >= 4 is 11.7 Å². The van der Waals surface area contributed by atoms with Crippen LogP contribution in [-0.2, 0) is 11.4 Å². The van der Waals surface area contributed by atoms with Crippen LogP contribution in [0.1, 0.15) is 11.3 Å². The molecule has 0 saturated heterocycles. The Bertz CT molecular complexity index is 609.